The van der Waals surface area contributed by atoms with Gasteiger partial charge >= 0.3 is 0 Å². The van der Waals surface area contributed by atoms with Gasteiger partial charge in [-0.3, -0.25) is 0 Å². The predicted molar refractivity (Wildman–Crippen MR) is 67.1 cm³/mol. The Bertz CT molecular complexity index is 441. The maximum absolute atomic E-state index is 13.1. The molecule has 0 saturated heterocycles. The van der Waals surface area contributed by atoms with Crippen LogP contribution in [0.25, 0.3) is 0 Å². The maximum Gasteiger partial charge on any atom is 0.194 e. The molecular formula is C15H19F3O. The second-order valence-electron chi connectivity index (χ2n) is 6.02. The first-order valence-corrected chi connectivity index (χ1v) is 6.58. The van der Waals surface area contributed by atoms with Gasteiger partial charge in [0.15, 0.2) is 17.5 Å². The Labute approximate surface area is 111 Å². The van der Waals surface area contributed by atoms with Crippen molar-refractivity contribution in [1.82, 2.24) is 0 Å². The first kappa shape index (κ1) is 14.4. The zero-order valence-electron chi connectivity index (χ0n) is 11.5. The summed E-state index contributed by atoms with van der Waals surface area (Å²) < 4.78 is 44.6. The average molecular weight is 272 g/mol. The lowest BCUT2D eigenvalue weighted by atomic mass is 9.67. The number of rotatable bonds is 4. The first-order valence-electron chi connectivity index (χ1n) is 6.58. The van der Waals surface area contributed by atoms with Crippen LogP contribution in [0, 0.1) is 29.3 Å². The largest absolute Gasteiger partial charge is 0.371 e. The fourth-order valence-electron chi connectivity index (χ4n) is 2.59. The van der Waals surface area contributed by atoms with Crippen LogP contribution in [0.5, 0.6) is 0 Å². The summed E-state index contributed by atoms with van der Waals surface area (Å²) in [4.78, 5) is 0. The van der Waals surface area contributed by atoms with Gasteiger partial charge in [0.05, 0.1) is 12.2 Å². The monoisotopic (exact) mass is 272 g/mol. The number of hydrogen-bond donors (Lipinski definition) is 0. The molecule has 1 fully saturated rings. The maximum atomic E-state index is 13.1. The van der Waals surface area contributed by atoms with Gasteiger partial charge in [-0.25, -0.2) is 13.2 Å². The van der Waals surface area contributed by atoms with Crippen molar-refractivity contribution in [2.45, 2.75) is 45.8 Å². The molecule has 0 heterocycles. The highest BCUT2D eigenvalue weighted by molar-refractivity contribution is 5.18. The molecule has 1 saturated carbocycles. The fourth-order valence-corrected chi connectivity index (χ4v) is 2.59. The molecule has 0 atom stereocenters. The van der Waals surface area contributed by atoms with Gasteiger partial charge in [0.25, 0.3) is 0 Å². The zero-order valence-corrected chi connectivity index (χ0v) is 11.5. The van der Waals surface area contributed by atoms with Crippen LogP contribution in [-0.2, 0) is 11.3 Å². The normalized spacial score (nSPS) is 26.6. The molecule has 0 aliphatic heterocycles. The van der Waals surface area contributed by atoms with Gasteiger partial charge in [-0.1, -0.05) is 13.8 Å². The SMILES string of the molecule is CC(C)[C@H]1C[C@@](C)(OCc2cc(F)c(F)c(F)c2)C1. The Kier molecular flexibility index (Phi) is 3.90. The minimum Gasteiger partial charge on any atom is -0.371 e. The highest BCUT2D eigenvalue weighted by atomic mass is 19.2. The minimum atomic E-state index is -1.43. The van der Waals surface area contributed by atoms with Gasteiger partial charge in [-0.2, -0.15) is 0 Å². The van der Waals surface area contributed by atoms with Crippen LogP contribution in [0.15, 0.2) is 12.1 Å². The Balaban J connectivity index is 1.93. The molecule has 1 aliphatic carbocycles. The van der Waals surface area contributed by atoms with E-state index in [-0.39, 0.29) is 12.2 Å². The van der Waals surface area contributed by atoms with Crippen molar-refractivity contribution >= 4 is 0 Å². The highest BCUT2D eigenvalue weighted by Crippen LogP contribution is 2.44. The number of hydrogen-bond acceptors (Lipinski definition) is 1. The molecule has 106 valence electrons. The molecule has 0 bridgehead atoms. The topological polar surface area (TPSA) is 9.23 Å². The molecule has 1 aliphatic rings. The lowest BCUT2D eigenvalue weighted by Gasteiger charge is -2.47. The molecule has 0 radical (unpaired) electrons. The van der Waals surface area contributed by atoms with E-state index in [1.54, 1.807) is 0 Å². The lowest BCUT2D eigenvalue weighted by Crippen LogP contribution is -2.45. The fraction of sp³-hybridized carbons (Fsp3) is 0.600. The number of halogens is 3. The van der Waals surface area contributed by atoms with Gasteiger partial charge in [0.1, 0.15) is 0 Å². The highest BCUT2D eigenvalue weighted by Gasteiger charge is 2.42. The third-order valence-corrected chi connectivity index (χ3v) is 3.96. The second kappa shape index (κ2) is 5.16. The quantitative estimate of drug-likeness (QED) is 0.736. The number of benzene rings is 1. The van der Waals surface area contributed by atoms with Crippen LogP contribution in [0.3, 0.4) is 0 Å². The first-order chi connectivity index (χ1) is 8.81. The molecule has 1 aromatic carbocycles. The van der Waals surface area contributed by atoms with Crippen molar-refractivity contribution in [3.05, 3.63) is 35.1 Å². The van der Waals surface area contributed by atoms with E-state index in [1.165, 1.54) is 0 Å². The van der Waals surface area contributed by atoms with E-state index in [0.29, 0.717) is 17.4 Å². The average Bonchev–Trinajstić information content (AvgIpc) is 2.29. The van der Waals surface area contributed by atoms with Crippen molar-refractivity contribution in [2.75, 3.05) is 0 Å². The van der Waals surface area contributed by atoms with Gasteiger partial charge in [-0.05, 0) is 49.3 Å². The predicted octanol–water partition coefficient (Wildman–Crippen LogP) is 4.45. The summed E-state index contributed by atoms with van der Waals surface area (Å²) in [6, 6.07) is 1.97. The summed E-state index contributed by atoms with van der Waals surface area (Å²) in [7, 11) is 0. The number of ether oxygens (including phenoxy) is 1. The Morgan fingerprint density at radius 3 is 2.21 bits per heavy atom. The van der Waals surface area contributed by atoms with Crippen molar-refractivity contribution in [3.63, 3.8) is 0 Å². The molecule has 0 spiro atoms. The molecule has 19 heavy (non-hydrogen) atoms. The Morgan fingerprint density at radius 1 is 1.21 bits per heavy atom. The molecular weight excluding hydrogens is 253 g/mol. The summed E-state index contributed by atoms with van der Waals surface area (Å²) in [6.45, 7) is 6.46. The third-order valence-electron chi connectivity index (χ3n) is 3.96. The second-order valence-corrected chi connectivity index (χ2v) is 6.02. The molecule has 0 unspecified atom stereocenters. The van der Waals surface area contributed by atoms with Crippen LogP contribution < -0.4 is 0 Å². The molecule has 1 nitrogen and oxygen atoms in total. The summed E-state index contributed by atoms with van der Waals surface area (Å²) >= 11 is 0. The van der Waals surface area contributed by atoms with E-state index in [0.717, 1.165) is 25.0 Å². The van der Waals surface area contributed by atoms with Crippen LogP contribution in [0.4, 0.5) is 13.2 Å². The molecule has 0 aromatic heterocycles. The Morgan fingerprint density at radius 2 is 1.74 bits per heavy atom. The van der Waals surface area contributed by atoms with E-state index in [2.05, 4.69) is 13.8 Å². The van der Waals surface area contributed by atoms with E-state index in [4.69, 9.17) is 4.74 Å². The van der Waals surface area contributed by atoms with Crippen molar-refractivity contribution in [3.8, 4) is 0 Å². The van der Waals surface area contributed by atoms with Crippen LogP contribution in [0.1, 0.15) is 39.2 Å². The summed E-state index contributed by atoms with van der Waals surface area (Å²) in [6.07, 6.45) is 1.91. The Hall–Kier alpha value is -1.03. The van der Waals surface area contributed by atoms with E-state index < -0.39 is 17.5 Å². The third kappa shape index (κ3) is 3.11. The molecule has 0 N–H and O–H groups in total. The van der Waals surface area contributed by atoms with Gasteiger partial charge in [-0.15, -0.1) is 0 Å². The molecule has 2 rings (SSSR count). The van der Waals surface area contributed by atoms with Crippen molar-refractivity contribution < 1.29 is 17.9 Å². The standard InChI is InChI=1S/C15H19F3O/c1-9(2)11-6-15(3,7-11)19-8-10-4-12(16)14(18)13(17)5-10/h4-5,9,11H,6-8H2,1-3H3/t11-,15+. The van der Waals surface area contributed by atoms with E-state index >= 15 is 0 Å². The summed E-state index contributed by atoms with van der Waals surface area (Å²) in [5.74, 6) is -2.50. The summed E-state index contributed by atoms with van der Waals surface area (Å²) in [5.41, 5.74) is 0.0987. The molecule has 1 aromatic rings. The van der Waals surface area contributed by atoms with Crippen LogP contribution in [0.2, 0.25) is 0 Å². The van der Waals surface area contributed by atoms with Crippen LogP contribution >= 0.6 is 0 Å². The van der Waals surface area contributed by atoms with Gasteiger partial charge < -0.3 is 4.74 Å². The van der Waals surface area contributed by atoms with Crippen molar-refractivity contribution in [2.24, 2.45) is 11.8 Å². The van der Waals surface area contributed by atoms with Crippen molar-refractivity contribution in [1.29, 1.82) is 0 Å². The van der Waals surface area contributed by atoms with Gasteiger partial charge in [0, 0.05) is 0 Å². The lowest BCUT2D eigenvalue weighted by molar-refractivity contribution is -0.133. The smallest absolute Gasteiger partial charge is 0.194 e. The minimum absolute atomic E-state index is 0.107. The summed E-state index contributed by atoms with van der Waals surface area (Å²) in [5, 5.41) is 0. The van der Waals surface area contributed by atoms with E-state index in [1.807, 2.05) is 6.92 Å². The molecule has 4 heteroatoms. The van der Waals surface area contributed by atoms with E-state index in [9.17, 15) is 13.2 Å². The zero-order chi connectivity index (χ0) is 14.2. The van der Waals surface area contributed by atoms with Gasteiger partial charge in [0.2, 0.25) is 0 Å². The van der Waals surface area contributed by atoms with Crippen LogP contribution in [-0.4, -0.2) is 5.60 Å². The molecule has 0 amide bonds.